The van der Waals surface area contributed by atoms with Gasteiger partial charge in [-0.1, -0.05) is 42.8 Å². The second-order valence-electron chi connectivity index (χ2n) is 7.40. The standard InChI is InChI=1S/C17H29BrO2/c1-12-7-8-17(6,20-15(19)16(4,5)18)11-14(3)10-13(2)9-12/h7-8,12-14H,9-11H2,1-6H3/b8-7-. The van der Waals surface area contributed by atoms with Crippen LogP contribution in [-0.4, -0.2) is 15.9 Å². The van der Waals surface area contributed by atoms with Crippen molar-refractivity contribution < 1.29 is 9.53 Å². The molecule has 0 radical (unpaired) electrons. The summed E-state index contributed by atoms with van der Waals surface area (Å²) in [5, 5.41) is 0. The molecule has 0 spiro atoms. The molecule has 3 heteroatoms. The molecular formula is C17H29BrO2. The van der Waals surface area contributed by atoms with Gasteiger partial charge in [0, 0.05) is 0 Å². The average molecular weight is 345 g/mol. The van der Waals surface area contributed by atoms with E-state index in [4.69, 9.17) is 4.74 Å². The number of halogens is 1. The van der Waals surface area contributed by atoms with E-state index in [2.05, 4.69) is 48.9 Å². The number of hydrogen-bond acceptors (Lipinski definition) is 2. The van der Waals surface area contributed by atoms with Crippen LogP contribution in [0, 0.1) is 17.8 Å². The van der Waals surface area contributed by atoms with Gasteiger partial charge in [-0.3, -0.25) is 4.79 Å². The van der Waals surface area contributed by atoms with Gasteiger partial charge in [-0.25, -0.2) is 0 Å². The maximum atomic E-state index is 12.2. The van der Waals surface area contributed by atoms with Crippen molar-refractivity contribution in [1.29, 1.82) is 0 Å². The van der Waals surface area contributed by atoms with Crippen molar-refractivity contribution >= 4 is 21.9 Å². The minimum atomic E-state index is -0.634. The fourth-order valence-corrected chi connectivity index (χ4v) is 3.20. The van der Waals surface area contributed by atoms with Gasteiger partial charge >= 0.3 is 5.97 Å². The Morgan fingerprint density at radius 2 is 1.85 bits per heavy atom. The molecular weight excluding hydrogens is 316 g/mol. The van der Waals surface area contributed by atoms with E-state index in [0.29, 0.717) is 11.8 Å². The summed E-state index contributed by atoms with van der Waals surface area (Å²) in [6.07, 6.45) is 7.59. The number of esters is 1. The molecule has 0 aromatic rings. The zero-order chi connectivity index (χ0) is 15.6. The lowest BCUT2D eigenvalue weighted by molar-refractivity contribution is -0.157. The molecule has 0 heterocycles. The van der Waals surface area contributed by atoms with Crippen molar-refractivity contribution in [3.05, 3.63) is 12.2 Å². The average Bonchev–Trinajstić information content (AvgIpc) is 2.27. The molecule has 4 atom stereocenters. The largest absolute Gasteiger partial charge is 0.454 e. The van der Waals surface area contributed by atoms with Crippen LogP contribution >= 0.6 is 15.9 Å². The van der Waals surface area contributed by atoms with Crippen LogP contribution in [0.1, 0.15) is 60.8 Å². The molecule has 0 aromatic heterocycles. The third kappa shape index (κ3) is 5.59. The van der Waals surface area contributed by atoms with Crippen LogP contribution in [0.25, 0.3) is 0 Å². The van der Waals surface area contributed by atoms with Gasteiger partial charge in [0.15, 0.2) is 0 Å². The number of hydrogen-bond donors (Lipinski definition) is 0. The van der Waals surface area contributed by atoms with Crippen LogP contribution in [-0.2, 0) is 9.53 Å². The summed E-state index contributed by atoms with van der Waals surface area (Å²) in [5.41, 5.74) is -0.500. The molecule has 1 rings (SSSR count). The van der Waals surface area contributed by atoms with E-state index in [-0.39, 0.29) is 5.97 Å². The first kappa shape index (κ1) is 17.7. The second-order valence-corrected chi connectivity index (χ2v) is 9.38. The Labute approximate surface area is 132 Å². The maximum absolute atomic E-state index is 12.2. The monoisotopic (exact) mass is 344 g/mol. The summed E-state index contributed by atoms with van der Waals surface area (Å²) in [6, 6.07) is 0. The van der Waals surface area contributed by atoms with Crippen LogP contribution in [0.2, 0.25) is 0 Å². The molecule has 0 bridgehead atoms. The first-order chi connectivity index (χ1) is 9.02. The van der Waals surface area contributed by atoms with Crippen LogP contribution in [0.4, 0.5) is 0 Å². The van der Waals surface area contributed by atoms with Crippen molar-refractivity contribution in [2.45, 2.75) is 70.7 Å². The quantitative estimate of drug-likeness (QED) is 0.395. The van der Waals surface area contributed by atoms with Gasteiger partial charge < -0.3 is 4.74 Å². The van der Waals surface area contributed by atoms with E-state index < -0.39 is 9.93 Å². The van der Waals surface area contributed by atoms with Crippen LogP contribution in [0.5, 0.6) is 0 Å². The van der Waals surface area contributed by atoms with Gasteiger partial charge in [0.25, 0.3) is 0 Å². The highest BCUT2D eigenvalue weighted by atomic mass is 79.9. The molecule has 116 valence electrons. The second kappa shape index (κ2) is 6.64. The van der Waals surface area contributed by atoms with Crippen molar-refractivity contribution in [1.82, 2.24) is 0 Å². The predicted molar refractivity (Wildman–Crippen MR) is 88.0 cm³/mol. The molecule has 2 nitrogen and oxygen atoms in total. The Kier molecular flexibility index (Phi) is 5.89. The van der Waals surface area contributed by atoms with Crippen molar-refractivity contribution in [3.63, 3.8) is 0 Å². The first-order valence-corrected chi connectivity index (χ1v) is 8.43. The predicted octanol–water partition coefficient (Wildman–Crippen LogP) is 5.11. The first-order valence-electron chi connectivity index (χ1n) is 7.63. The molecule has 4 unspecified atom stereocenters. The van der Waals surface area contributed by atoms with Crippen molar-refractivity contribution in [3.8, 4) is 0 Å². The minimum Gasteiger partial charge on any atom is -0.454 e. The SMILES string of the molecule is CC1/C=C\C(C)(OC(=O)C(C)(C)Br)CC(C)CC(C)C1. The van der Waals surface area contributed by atoms with E-state index in [9.17, 15) is 4.79 Å². The third-order valence-corrected chi connectivity index (χ3v) is 4.24. The molecule has 0 aromatic carbocycles. The van der Waals surface area contributed by atoms with Gasteiger partial charge in [0.05, 0.1) is 0 Å². The maximum Gasteiger partial charge on any atom is 0.323 e. The number of ether oxygens (including phenoxy) is 1. The molecule has 1 aliphatic rings. The zero-order valence-electron chi connectivity index (χ0n) is 13.7. The zero-order valence-corrected chi connectivity index (χ0v) is 15.3. The lowest BCUT2D eigenvalue weighted by Crippen LogP contribution is -2.38. The number of carbonyl (C=O) groups is 1. The van der Waals surface area contributed by atoms with Crippen molar-refractivity contribution in [2.24, 2.45) is 17.8 Å². The highest BCUT2D eigenvalue weighted by Crippen LogP contribution is 2.33. The summed E-state index contributed by atoms with van der Waals surface area (Å²) in [6.45, 7) is 12.5. The van der Waals surface area contributed by atoms with E-state index >= 15 is 0 Å². The fourth-order valence-electron chi connectivity index (χ4n) is 3.12. The summed E-state index contributed by atoms with van der Waals surface area (Å²) in [7, 11) is 0. The summed E-state index contributed by atoms with van der Waals surface area (Å²) in [4.78, 5) is 12.2. The smallest absolute Gasteiger partial charge is 0.323 e. The van der Waals surface area contributed by atoms with Crippen LogP contribution < -0.4 is 0 Å². The molecule has 0 N–H and O–H groups in total. The molecule has 0 fully saturated rings. The topological polar surface area (TPSA) is 26.3 Å². The number of rotatable bonds is 2. The fraction of sp³-hybridized carbons (Fsp3) is 0.824. The van der Waals surface area contributed by atoms with Crippen LogP contribution in [0.3, 0.4) is 0 Å². The van der Waals surface area contributed by atoms with Gasteiger partial charge in [-0.15, -0.1) is 0 Å². The molecule has 0 amide bonds. The number of carbonyl (C=O) groups excluding carboxylic acids is 1. The van der Waals surface area contributed by atoms with E-state index in [1.165, 1.54) is 12.8 Å². The number of allylic oxidation sites excluding steroid dienone is 1. The molecule has 20 heavy (non-hydrogen) atoms. The molecule has 0 aliphatic heterocycles. The van der Waals surface area contributed by atoms with Gasteiger partial charge in [-0.2, -0.15) is 0 Å². The third-order valence-electron chi connectivity index (χ3n) is 3.92. The molecule has 0 saturated carbocycles. The summed E-state index contributed by atoms with van der Waals surface area (Å²) >= 11 is 3.38. The lowest BCUT2D eigenvalue weighted by Gasteiger charge is -2.32. The van der Waals surface area contributed by atoms with Gasteiger partial charge in [0.1, 0.15) is 9.93 Å². The van der Waals surface area contributed by atoms with Gasteiger partial charge in [-0.05, 0) is 63.9 Å². The summed E-state index contributed by atoms with van der Waals surface area (Å²) in [5.74, 6) is 1.61. The van der Waals surface area contributed by atoms with E-state index in [1.807, 2.05) is 20.8 Å². The summed E-state index contributed by atoms with van der Waals surface area (Å²) < 4.78 is 5.18. The van der Waals surface area contributed by atoms with E-state index in [0.717, 1.165) is 12.3 Å². The van der Waals surface area contributed by atoms with Crippen molar-refractivity contribution in [2.75, 3.05) is 0 Å². The number of alkyl halides is 1. The Morgan fingerprint density at radius 3 is 2.40 bits per heavy atom. The Morgan fingerprint density at radius 1 is 1.25 bits per heavy atom. The Bertz CT molecular complexity index is 370. The Balaban J connectivity index is 2.90. The molecule has 0 saturated heterocycles. The van der Waals surface area contributed by atoms with Gasteiger partial charge in [0.2, 0.25) is 0 Å². The minimum absolute atomic E-state index is 0.197. The highest BCUT2D eigenvalue weighted by Gasteiger charge is 2.35. The highest BCUT2D eigenvalue weighted by molar-refractivity contribution is 9.10. The lowest BCUT2D eigenvalue weighted by atomic mass is 9.86. The molecule has 1 aliphatic carbocycles. The Hall–Kier alpha value is -0.310. The normalized spacial score (nSPS) is 37.5. The van der Waals surface area contributed by atoms with E-state index in [1.54, 1.807) is 0 Å². The van der Waals surface area contributed by atoms with Crippen LogP contribution in [0.15, 0.2) is 12.2 Å².